The van der Waals surface area contributed by atoms with E-state index in [1.54, 1.807) is 12.1 Å². The van der Waals surface area contributed by atoms with E-state index in [1.807, 2.05) is 0 Å². The Hall–Kier alpha value is -1.10. The van der Waals surface area contributed by atoms with E-state index in [9.17, 15) is 9.59 Å². The fraction of sp³-hybridized carbons (Fsp3) is 0.385. The van der Waals surface area contributed by atoms with Gasteiger partial charge in [0.15, 0.2) is 5.78 Å². The van der Waals surface area contributed by atoms with E-state index in [0.29, 0.717) is 41.8 Å². The molecular formula is C13H13Cl2NO3. The van der Waals surface area contributed by atoms with Crippen molar-refractivity contribution >= 4 is 34.9 Å². The van der Waals surface area contributed by atoms with Crippen LogP contribution in [0.1, 0.15) is 16.8 Å². The normalized spacial score (nSPS) is 16.3. The van der Waals surface area contributed by atoms with E-state index >= 15 is 0 Å². The number of rotatable bonds is 3. The van der Waals surface area contributed by atoms with E-state index < -0.39 is 0 Å². The van der Waals surface area contributed by atoms with Crippen LogP contribution in [0.3, 0.4) is 0 Å². The Morgan fingerprint density at radius 3 is 2.84 bits per heavy atom. The van der Waals surface area contributed by atoms with Gasteiger partial charge in [-0.05, 0) is 18.2 Å². The summed E-state index contributed by atoms with van der Waals surface area (Å²) in [6.07, 6.45) is 0.307. The predicted octanol–water partition coefficient (Wildman–Crippen LogP) is 2.42. The van der Waals surface area contributed by atoms with Crippen molar-refractivity contribution in [3.8, 4) is 0 Å². The van der Waals surface area contributed by atoms with Crippen LogP contribution in [0, 0.1) is 0 Å². The second-order valence-electron chi connectivity index (χ2n) is 4.23. The lowest BCUT2D eigenvalue weighted by molar-refractivity contribution is -0.129. The molecule has 1 aliphatic rings. The number of carbonyl (C=O) groups is 2. The Morgan fingerprint density at radius 1 is 1.32 bits per heavy atom. The molecule has 4 nitrogen and oxygen atoms in total. The third-order valence-electron chi connectivity index (χ3n) is 2.88. The van der Waals surface area contributed by atoms with Gasteiger partial charge in [0.05, 0.1) is 31.2 Å². The summed E-state index contributed by atoms with van der Waals surface area (Å²) in [5.74, 6) is -0.271. The van der Waals surface area contributed by atoms with Crippen LogP contribution in [-0.4, -0.2) is 42.9 Å². The molecule has 0 unspecified atom stereocenters. The third kappa shape index (κ3) is 3.69. The van der Waals surface area contributed by atoms with Crippen molar-refractivity contribution in [1.82, 2.24) is 4.90 Å². The number of ketones is 1. The lowest BCUT2D eigenvalue weighted by atomic mass is 10.1. The summed E-state index contributed by atoms with van der Waals surface area (Å²) < 4.78 is 5.20. The minimum atomic E-state index is -0.197. The molecule has 0 radical (unpaired) electrons. The Labute approximate surface area is 121 Å². The topological polar surface area (TPSA) is 46.6 Å². The SMILES string of the molecule is O=C(CN1CCOCCC1=O)c1ccc(Cl)cc1Cl. The molecule has 0 aliphatic carbocycles. The van der Waals surface area contributed by atoms with Gasteiger partial charge in [-0.2, -0.15) is 0 Å². The van der Waals surface area contributed by atoms with Crippen LogP contribution in [0.25, 0.3) is 0 Å². The molecule has 1 heterocycles. The number of hydrogen-bond donors (Lipinski definition) is 0. The first kappa shape index (κ1) is 14.3. The van der Waals surface area contributed by atoms with Gasteiger partial charge in [0, 0.05) is 17.1 Å². The second-order valence-corrected chi connectivity index (χ2v) is 5.07. The average Bonchev–Trinajstić information content (AvgIpc) is 2.55. The van der Waals surface area contributed by atoms with E-state index in [-0.39, 0.29) is 18.2 Å². The largest absolute Gasteiger partial charge is 0.379 e. The average molecular weight is 302 g/mol. The van der Waals surface area contributed by atoms with Gasteiger partial charge in [0.25, 0.3) is 0 Å². The van der Waals surface area contributed by atoms with Gasteiger partial charge in [0.2, 0.25) is 5.91 Å². The molecule has 0 saturated carbocycles. The van der Waals surface area contributed by atoms with Crippen molar-refractivity contribution in [2.24, 2.45) is 0 Å². The summed E-state index contributed by atoms with van der Waals surface area (Å²) in [5.41, 5.74) is 0.379. The Kier molecular flexibility index (Phi) is 4.80. The zero-order chi connectivity index (χ0) is 13.8. The summed E-state index contributed by atoms with van der Waals surface area (Å²) in [7, 11) is 0. The lowest BCUT2D eigenvalue weighted by Crippen LogP contribution is -2.36. The number of Topliss-reactive ketones (excluding diaryl/α,β-unsaturated/α-hetero) is 1. The number of halogens is 2. The lowest BCUT2D eigenvalue weighted by Gasteiger charge is -2.19. The number of carbonyl (C=O) groups excluding carboxylic acids is 2. The van der Waals surface area contributed by atoms with Crippen LogP contribution in [0.2, 0.25) is 10.0 Å². The first-order valence-corrected chi connectivity index (χ1v) is 6.67. The van der Waals surface area contributed by atoms with Gasteiger partial charge in [-0.25, -0.2) is 0 Å². The summed E-state index contributed by atoms with van der Waals surface area (Å²) in [4.78, 5) is 25.4. The molecule has 0 aromatic heterocycles. The first-order chi connectivity index (χ1) is 9.08. The van der Waals surface area contributed by atoms with Crippen molar-refractivity contribution in [2.45, 2.75) is 6.42 Å². The Bertz CT molecular complexity index is 505. The standard InChI is InChI=1S/C13H13Cl2NO3/c14-9-1-2-10(11(15)7-9)12(17)8-16-4-6-19-5-3-13(16)18/h1-2,7H,3-6,8H2. The number of amides is 1. The predicted molar refractivity (Wildman–Crippen MR) is 72.8 cm³/mol. The van der Waals surface area contributed by atoms with E-state index in [4.69, 9.17) is 27.9 Å². The summed E-state index contributed by atoms with van der Waals surface area (Å²) in [5, 5.41) is 0.775. The molecule has 0 N–H and O–H groups in total. The maximum atomic E-state index is 12.1. The van der Waals surface area contributed by atoms with Crippen LogP contribution >= 0.6 is 23.2 Å². The van der Waals surface area contributed by atoms with Crippen LogP contribution in [0.4, 0.5) is 0 Å². The zero-order valence-corrected chi connectivity index (χ0v) is 11.7. The van der Waals surface area contributed by atoms with Gasteiger partial charge in [0.1, 0.15) is 0 Å². The van der Waals surface area contributed by atoms with Gasteiger partial charge in [-0.3, -0.25) is 9.59 Å². The number of ether oxygens (including phenoxy) is 1. The minimum absolute atomic E-state index is 0.0174. The van der Waals surface area contributed by atoms with Gasteiger partial charge in [-0.1, -0.05) is 23.2 Å². The second kappa shape index (κ2) is 6.37. The first-order valence-electron chi connectivity index (χ1n) is 5.91. The maximum Gasteiger partial charge on any atom is 0.225 e. The highest BCUT2D eigenvalue weighted by Crippen LogP contribution is 2.21. The maximum absolute atomic E-state index is 12.1. The monoisotopic (exact) mass is 301 g/mol. The molecule has 1 aromatic carbocycles. The van der Waals surface area contributed by atoms with Crippen LogP contribution in [-0.2, 0) is 9.53 Å². The molecule has 0 bridgehead atoms. The zero-order valence-electron chi connectivity index (χ0n) is 10.2. The molecule has 1 aromatic rings. The summed E-state index contributed by atoms with van der Waals surface area (Å²) in [6.45, 7) is 1.30. The number of nitrogens with zero attached hydrogens (tertiary/aromatic N) is 1. The quantitative estimate of drug-likeness (QED) is 0.806. The molecule has 0 atom stereocenters. The Morgan fingerprint density at radius 2 is 2.11 bits per heavy atom. The molecule has 19 heavy (non-hydrogen) atoms. The number of hydrogen-bond acceptors (Lipinski definition) is 3. The molecular weight excluding hydrogens is 289 g/mol. The van der Waals surface area contributed by atoms with Gasteiger partial charge >= 0.3 is 0 Å². The number of benzene rings is 1. The molecule has 1 saturated heterocycles. The highest BCUT2D eigenvalue weighted by atomic mass is 35.5. The highest BCUT2D eigenvalue weighted by molar-refractivity contribution is 6.36. The van der Waals surface area contributed by atoms with Crippen molar-refractivity contribution in [3.05, 3.63) is 33.8 Å². The van der Waals surface area contributed by atoms with Crippen LogP contribution < -0.4 is 0 Å². The smallest absolute Gasteiger partial charge is 0.225 e. The summed E-state index contributed by atoms with van der Waals surface area (Å²) in [6, 6.07) is 4.70. The molecule has 2 rings (SSSR count). The van der Waals surface area contributed by atoms with E-state index in [2.05, 4.69) is 0 Å². The van der Waals surface area contributed by atoms with Crippen LogP contribution in [0.5, 0.6) is 0 Å². The minimum Gasteiger partial charge on any atom is -0.379 e. The molecule has 102 valence electrons. The van der Waals surface area contributed by atoms with Gasteiger partial charge < -0.3 is 9.64 Å². The van der Waals surface area contributed by atoms with Crippen molar-refractivity contribution in [3.63, 3.8) is 0 Å². The van der Waals surface area contributed by atoms with E-state index in [0.717, 1.165) is 0 Å². The van der Waals surface area contributed by atoms with E-state index in [1.165, 1.54) is 11.0 Å². The van der Waals surface area contributed by atoms with Crippen LogP contribution in [0.15, 0.2) is 18.2 Å². The fourth-order valence-electron chi connectivity index (χ4n) is 1.86. The third-order valence-corrected chi connectivity index (χ3v) is 3.43. The molecule has 1 fully saturated rings. The summed E-state index contributed by atoms with van der Waals surface area (Å²) >= 11 is 11.8. The molecule has 0 spiro atoms. The molecule has 6 heteroatoms. The fourth-order valence-corrected chi connectivity index (χ4v) is 2.37. The molecule has 1 aliphatic heterocycles. The van der Waals surface area contributed by atoms with Gasteiger partial charge in [-0.15, -0.1) is 0 Å². The highest BCUT2D eigenvalue weighted by Gasteiger charge is 2.21. The molecule has 1 amide bonds. The Balaban J connectivity index is 2.09. The van der Waals surface area contributed by atoms with Crippen molar-refractivity contribution in [2.75, 3.05) is 26.3 Å². The van der Waals surface area contributed by atoms with Crippen molar-refractivity contribution < 1.29 is 14.3 Å². The van der Waals surface area contributed by atoms with Crippen molar-refractivity contribution in [1.29, 1.82) is 0 Å².